The quantitative estimate of drug-likeness (QED) is 0.808. The van der Waals surface area contributed by atoms with Gasteiger partial charge in [0.1, 0.15) is 5.82 Å². The number of nitrogens with zero attached hydrogens (tertiary/aromatic N) is 2. The van der Waals surface area contributed by atoms with Crippen LogP contribution in [-0.2, 0) is 6.54 Å². The van der Waals surface area contributed by atoms with Crippen LogP contribution in [0.2, 0.25) is 0 Å². The number of H-pyrrole nitrogens is 1. The molecule has 2 N–H and O–H groups in total. The highest BCUT2D eigenvalue weighted by atomic mass is 15.2. The molecular weight excluding hydrogens is 200 g/mol. The van der Waals surface area contributed by atoms with Crippen molar-refractivity contribution in [1.29, 1.82) is 0 Å². The zero-order valence-corrected chi connectivity index (χ0v) is 10.2. The Balaban J connectivity index is 1.69. The molecule has 1 aromatic heterocycles. The highest BCUT2D eigenvalue weighted by Gasteiger charge is 2.20. The van der Waals surface area contributed by atoms with Gasteiger partial charge in [0.05, 0.1) is 6.54 Å². The third-order valence-corrected chi connectivity index (χ3v) is 3.37. The van der Waals surface area contributed by atoms with E-state index in [-0.39, 0.29) is 0 Å². The molecule has 0 amide bonds. The van der Waals surface area contributed by atoms with E-state index in [0.29, 0.717) is 12.1 Å². The summed E-state index contributed by atoms with van der Waals surface area (Å²) >= 11 is 0. The largest absolute Gasteiger partial charge is 0.348 e. The lowest BCUT2D eigenvalue weighted by Crippen LogP contribution is -2.44. The van der Waals surface area contributed by atoms with Crippen LogP contribution in [0, 0.1) is 0 Å². The Morgan fingerprint density at radius 2 is 2.25 bits per heavy atom. The molecule has 0 spiro atoms. The van der Waals surface area contributed by atoms with E-state index >= 15 is 0 Å². The van der Waals surface area contributed by atoms with E-state index in [4.69, 9.17) is 0 Å². The van der Waals surface area contributed by atoms with E-state index in [1.54, 1.807) is 6.20 Å². The van der Waals surface area contributed by atoms with Crippen molar-refractivity contribution in [1.82, 2.24) is 20.2 Å². The summed E-state index contributed by atoms with van der Waals surface area (Å²) in [6, 6.07) is 1.34. The summed E-state index contributed by atoms with van der Waals surface area (Å²) in [7, 11) is 0. The summed E-state index contributed by atoms with van der Waals surface area (Å²) in [6.07, 6.45) is 6.18. The van der Waals surface area contributed by atoms with E-state index in [1.165, 1.54) is 25.9 Å². The lowest BCUT2D eigenvalue weighted by atomic mass is 10.0. The molecule has 0 atom stereocenters. The molecule has 2 heterocycles. The van der Waals surface area contributed by atoms with Gasteiger partial charge in [0.15, 0.2) is 0 Å². The molecule has 0 aliphatic carbocycles. The molecule has 1 aromatic rings. The summed E-state index contributed by atoms with van der Waals surface area (Å²) in [5, 5.41) is 3.56. The van der Waals surface area contributed by atoms with Crippen LogP contribution in [0.15, 0.2) is 12.4 Å². The summed E-state index contributed by atoms with van der Waals surface area (Å²) in [4.78, 5) is 9.88. The average molecular weight is 222 g/mol. The number of aromatic nitrogens is 2. The second-order valence-corrected chi connectivity index (χ2v) is 4.82. The maximum atomic E-state index is 4.22. The van der Waals surface area contributed by atoms with Crippen LogP contribution in [0.5, 0.6) is 0 Å². The lowest BCUT2D eigenvalue weighted by molar-refractivity contribution is 0.160. The van der Waals surface area contributed by atoms with Gasteiger partial charge in [-0.05, 0) is 39.8 Å². The first-order valence-electron chi connectivity index (χ1n) is 6.21. The van der Waals surface area contributed by atoms with Gasteiger partial charge in [-0.25, -0.2) is 4.98 Å². The lowest BCUT2D eigenvalue weighted by Gasteiger charge is -2.34. The van der Waals surface area contributed by atoms with Crippen molar-refractivity contribution in [2.24, 2.45) is 0 Å². The summed E-state index contributed by atoms with van der Waals surface area (Å²) in [6.45, 7) is 7.84. The molecule has 0 aromatic carbocycles. The van der Waals surface area contributed by atoms with Crippen molar-refractivity contribution in [2.75, 3.05) is 13.1 Å². The zero-order valence-electron chi connectivity index (χ0n) is 10.2. The molecule has 1 saturated heterocycles. The van der Waals surface area contributed by atoms with Crippen molar-refractivity contribution < 1.29 is 0 Å². The molecule has 90 valence electrons. The second-order valence-electron chi connectivity index (χ2n) is 4.82. The van der Waals surface area contributed by atoms with Gasteiger partial charge in [0, 0.05) is 24.5 Å². The van der Waals surface area contributed by atoms with Crippen LogP contribution in [0.25, 0.3) is 0 Å². The molecule has 0 saturated carbocycles. The molecule has 1 aliphatic heterocycles. The summed E-state index contributed by atoms with van der Waals surface area (Å²) < 4.78 is 0. The molecular formula is C12H22N4. The van der Waals surface area contributed by atoms with Gasteiger partial charge in [-0.2, -0.15) is 0 Å². The van der Waals surface area contributed by atoms with Crippen molar-refractivity contribution in [3.63, 3.8) is 0 Å². The highest BCUT2D eigenvalue weighted by molar-refractivity contribution is 4.88. The smallest absolute Gasteiger partial charge is 0.120 e. The molecule has 2 rings (SSSR count). The molecule has 0 radical (unpaired) electrons. The minimum absolute atomic E-state index is 0.653. The van der Waals surface area contributed by atoms with E-state index in [9.17, 15) is 0 Å². The first-order chi connectivity index (χ1) is 7.75. The van der Waals surface area contributed by atoms with Crippen LogP contribution >= 0.6 is 0 Å². The Bertz CT molecular complexity index is 286. The highest BCUT2D eigenvalue weighted by Crippen LogP contribution is 2.13. The van der Waals surface area contributed by atoms with Gasteiger partial charge in [0.2, 0.25) is 0 Å². The molecule has 16 heavy (non-hydrogen) atoms. The van der Waals surface area contributed by atoms with Gasteiger partial charge in [-0.3, -0.25) is 0 Å². The normalized spacial score (nSPS) is 19.4. The number of piperidine rings is 1. The first kappa shape index (κ1) is 11.6. The Hall–Kier alpha value is -0.870. The monoisotopic (exact) mass is 222 g/mol. The van der Waals surface area contributed by atoms with Crippen LogP contribution in [0.3, 0.4) is 0 Å². The zero-order chi connectivity index (χ0) is 11.4. The van der Waals surface area contributed by atoms with Gasteiger partial charge in [-0.15, -0.1) is 0 Å². The molecule has 4 nitrogen and oxygen atoms in total. The van der Waals surface area contributed by atoms with Crippen molar-refractivity contribution in [2.45, 2.75) is 45.3 Å². The van der Waals surface area contributed by atoms with E-state index < -0.39 is 0 Å². The van der Waals surface area contributed by atoms with Crippen molar-refractivity contribution in [3.05, 3.63) is 18.2 Å². The molecule has 4 heteroatoms. The molecule has 1 aliphatic rings. The summed E-state index contributed by atoms with van der Waals surface area (Å²) in [5.41, 5.74) is 0. The fraction of sp³-hybridized carbons (Fsp3) is 0.750. The van der Waals surface area contributed by atoms with Gasteiger partial charge in [-0.1, -0.05) is 0 Å². The number of hydrogen-bond donors (Lipinski definition) is 2. The third kappa shape index (κ3) is 3.06. The first-order valence-corrected chi connectivity index (χ1v) is 6.21. The molecule has 1 fully saturated rings. The Morgan fingerprint density at radius 1 is 1.50 bits per heavy atom. The number of nitrogens with one attached hydrogen (secondary N) is 2. The van der Waals surface area contributed by atoms with Gasteiger partial charge in [0.25, 0.3) is 0 Å². The van der Waals surface area contributed by atoms with Crippen LogP contribution in [-0.4, -0.2) is 40.0 Å². The summed E-state index contributed by atoms with van der Waals surface area (Å²) in [5.74, 6) is 1.03. The Kier molecular flexibility index (Phi) is 3.96. The number of imidazole rings is 1. The Labute approximate surface area is 97.4 Å². The molecule has 0 unspecified atom stereocenters. The maximum Gasteiger partial charge on any atom is 0.120 e. The van der Waals surface area contributed by atoms with Crippen LogP contribution < -0.4 is 5.32 Å². The van der Waals surface area contributed by atoms with Crippen LogP contribution in [0.4, 0.5) is 0 Å². The van der Waals surface area contributed by atoms with E-state index in [2.05, 4.69) is 34.0 Å². The number of aromatic amines is 1. The fourth-order valence-corrected chi connectivity index (χ4v) is 2.26. The topological polar surface area (TPSA) is 44.0 Å². The predicted molar refractivity (Wildman–Crippen MR) is 65.2 cm³/mol. The van der Waals surface area contributed by atoms with Crippen molar-refractivity contribution >= 4 is 0 Å². The van der Waals surface area contributed by atoms with Crippen molar-refractivity contribution in [3.8, 4) is 0 Å². The standard InChI is InChI=1S/C12H22N4/c1-10(2)16-7-3-11(4-8-16)15-9-12-13-5-6-14-12/h5-6,10-11,15H,3-4,7-9H2,1-2H3,(H,13,14). The van der Waals surface area contributed by atoms with E-state index in [0.717, 1.165) is 12.4 Å². The predicted octanol–water partition coefficient (Wildman–Crippen LogP) is 1.37. The maximum absolute atomic E-state index is 4.22. The average Bonchev–Trinajstić information content (AvgIpc) is 2.80. The van der Waals surface area contributed by atoms with E-state index in [1.807, 2.05) is 6.20 Å². The number of hydrogen-bond acceptors (Lipinski definition) is 3. The van der Waals surface area contributed by atoms with Crippen LogP contribution in [0.1, 0.15) is 32.5 Å². The van der Waals surface area contributed by atoms with Gasteiger partial charge < -0.3 is 15.2 Å². The second kappa shape index (κ2) is 5.46. The Morgan fingerprint density at radius 3 is 2.81 bits per heavy atom. The third-order valence-electron chi connectivity index (χ3n) is 3.37. The SMILES string of the molecule is CC(C)N1CCC(NCc2ncc[nH]2)CC1. The fourth-order valence-electron chi connectivity index (χ4n) is 2.26. The minimum Gasteiger partial charge on any atom is -0.348 e. The minimum atomic E-state index is 0.653. The number of rotatable bonds is 4. The van der Waals surface area contributed by atoms with Gasteiger partial charge >= 0.3 is 0 Å². The number of likely N-dealkylation sites (tertiary alicyclic amines) is 1. The molecule has 0 bridgehead atoms.